The molecule has 1 aromatic heterocycles. The van der Waals surface area contributed by atoms with Crippen molar-refractivity contribution in [2.24, 2.45) is 5.73 Å². The molecule has 0 saturated carbocycles. The standard InChI is InChI=1S/C10H15N5O2/c1-3-4-7-15-9(12-13-14-15)6-5-8(11)10(16)17-2/h1,8H,4-7,11H2,2H3/t8-/m0/s1. The van der Waals surface area contributed by atoms with Crippen LogP contribution in [0.25, 0.3) is 0 Å². The molecular weight excluding hydrogens is 222 g/mol. The van der Waals surface area contributed by atoms with E-state index < -0.39 is 12.0 Å². The maximum Gasteiger partial charge on any atom is 0.322 e. The number of nitrogens with zero attached hydrogens (tertiary/aromatic N) is 4. The van der Waals surface area contributed by atoms with Crippen molar-refractivity contribution in [3.05, 3.63) is 5.82 Å². The molecule has 0 unspecified atom stereocenters. The fraction of sp³-hybridized carbons (Fsp3) is 0.600. The van der Waals surface area contributed by atoms with Crippen molar-refractivity contribution in [2.45, 2.75) is 31.8 Å². The van der Waals surface area contributed by atoms with E-state index in [2.05, 4.69) is 26.2 Å². The van der Waals surface area contributed by atoms with E-state index in [0.717, 1.165) is 0 Å². The van der Waals surface area contributed by atoms with Gasteiger partial charge in [-0.2, -0.15) is 0 Å². The number of rotatable bonds is 6. The van der Waals surface area contributed by atoms with Gasteiger partial charge in [0.05, 0.1) is 13.7 Å². The van der Waals surface area contributed by atoms with Gasteiger partial charge in [-0.25, -0.2) is 4.68 Å². The minimum Gasteiger partial charge on any atom is -0.468 e. The van der Waals surface area contributed by atoms with Crippen molar-refractivity contribution in [3.8, 4) is 12.3 Å². The molecular formula is C10H15N5O2. The first-order valence-corrected chi connectivity index (χ1v) is 5.21. The molecule has 1 aromatic rings. The largest absolute Gasteiger partial charge is 0.468 e. The number of nitrogens with two attached hydrogens (primary N) is 1. The highest BCUT2D eigenvalue weighted by molar-refractivity contribution is 5.75. The molecule has 1 rings (SSSR count). The van der Waals surface area contributed by atoms with Crippen LogP contribution in [0.1, 0.15) is 18.7 Å². The summed E-state index contributed by atoms with van der Waals surface area (Å²) in [6.45, 7) is 0.562. The number of aryl methyl sites for hydroxylation is 2. The Bertz CT molecular complexity index is 409. The third-order valence-corrected chi connectivity index (χ3v) is 2.26. The summed E-state index contributed by atoms with van der Waals surface area (Å²) < 4.78 is 6.14. The summed E-state index contributed by atoms with van der Waals surface area (Å²) in [6, 6.07) is -0.655. The molecule has 1 heterocycles. The maximum absolute atomic E-state index is 11.1. The van der Waals surface area contributed by atoms with Crippen LogP contribution >= 0.6 is 0 Å². The predicted molar refractivity (Wildman–Crippen MR) is 59.6 cm³/mol. The van der Waals surface area contributed by atoms with E-state index in [1.807, 2.05) is 0 Å². The number of carbonyl (C=O) groups excluding carboxylic acids is 1. The van der Waals surface area contributed by atoms with E-state index in [4.69, 9.17) is 12.2 Å². The summed E-state index contributed by atoms with van der Waals surface area (Å²) in [5, 5.41) is 11.2. The molecule has 1 atom stereocenters. The number of carbonyl (C=O) groups is 1. The third kappa shape index (κ3) is 3.85. The van der Waals surface area contributed by atoms with Gasteiger partial charge in [0, 0.05) is 12.8 Å². The Balaban J connectivity index is 2.49. The first-order chi connectivity index (χ1) is 8.19. The smallest absolute Gasteiger partial charge is 0.322 e. The topological polar surface area (TPSA) is 95.9 Å². The summed E-state index contributed by atoms with van der Waals surface area (Å²) in [6.07, 6.45) is 6.66. The van der Waals surface area contributed by atoms with Crippen molar-refractivity contribution < 1.29 is 9.53 Å². The Kier molecular flexibility index (Phi) is 5.10. The van der Waals surface area contributed by atoms with Crippen LogP contribution in [-0.2, 0) is 22.5 Å². The monoisotopic (exact) mass is 237 g/mol. The summed E-state index contributed by atoms with van der Waals surface area (Å²) in [4.78, 5) is 11.1. The molecule has 2 N–H and O–H groups in total. The van der Waals surface area contributed by atoms with Crippen LogP contribution in [0, 0.1) is 12.3 Å². The van der Waals surface area contributed by atoms with Gasteiger partial charge in [-0.05, 0) is 16.8 Å². The number of terminal acetylenes is 1. The Morgan fingerprint density at radius 2 is 2.47 bits per heavy atom. The van der Waals surface area contributed by atoms with E-state index in [1.54, 1.807) is 4.68 Å². The van der Waals surface area contributed by atoms with Crippen LogP contribution in [0.4, 0.5) is 0 Å². The van der Waals surface area contributed by atoms with Gasteiger partial charge in [0.2, 0.25) is 0 Å². The molecule has 0 aliphatic heterocycles. The van der Waals surface area contributed by atoms with E-state index in [-0.39, 0.29) is 0 Å². The number of methoxy groups -OCH3 is 1. The number of tetrazole rings is 1. The van der Waals surface area contributed by atoms with Gasteiger partial charge in [-0.1, -0.05) is 0 Å². The van der Waals surface area contributed by atoms with Crippen molar-refractivity contribution >= 4 is 5.97 Å². The van der Waals surface area contributed by atoms with Crippen molar-refractivity contribution in [3.63, 3.8) is 0 Å². The average Bonchev–Trinajstić information content (AvgIpc) is 2.79. The maximum atomic E-state index is 11.1. The molecule has 0 fully saturated rings. The molecule has 17 heavy (non-hydrogen) atoms. The van der Waals surface area contributed by atoms with E-state index >= 15 is 0 Å². The van der Waals surface area contributed by atoms with Crippen LogP contribution in [0.3, 0.4) is 0 Å². The lowest BCUT2D eigenvalue weighted by atomic mass is 10.1. The minimum absolute atomic E-state index is 0.434. The van der Waals surface area contributed by atoms with Gasteiger partial charge in [0.25, 0.3) is 0 Å². The van der Waals surface area contributed by atoms with E-state index in [0.29, 0.717) is 31.6 Å². The van der Waals surface area contributed by atoms with Gasteiger partial charge in [0.1, 0.15) is 6.04 Å². The number of hydrogen-bond acceptors (Lipinski definition) is 6. The molecule has 0 bridgehead atoms. The molecule has 0 aliphatic carbocycles. The highest BCUT2D eigenvalue weighted by Crippen LogP contribution is 2.02. The number of esters is 1. The van der Waals surface area contributed by atoms with E-state index in [9.17, 15) is 4.79 Å². The lowest BCUT2D eigenvalue weighted by Gasteiger charge is -2.08. The molecule has 7 nitrogen and oxygen atoms in total. The molecule has 0 aliphatic rings. The second-order valence-electron chi connectivity index (χ2n) is 3.44. The summed E-state index contributed by atoms with van der Waals surface area (Å²) in [5.41, 5.74) is 5.61. The molecule has 0 amide bonds. The number of aromatic nitrogens is 4. The zero-order valence-corrected chi connectivity index (χ0v) is 9.67. The zero-order valence-electron chi connectivity index (χ0n) is 9.67. The van der Waals surface area contributed by atoms with Crippen LogP contribution in [0.2, 0.25) is 0 Å². The van der Waals surface area contributed by atoms with Crippen molar-refractivity contribution in [2.75, 3.05) is 7.11 Å². The SMILES string of the molecule is C#CCCn1nnnc1CC[C@H](N)C(=O)OC. The quantitative estimate of drug-likeness (QED) is 0.510. The molecule has 7 heteroatoms. The Morgan fingerprint density at radius 1 is 1.71 bits per heavy atom. The Labute approximate surface area is 99.3 Å². The lowest BCUT2D eigenvalue weighted by Crippen LogP contribution is -2.32. The predicted octanol–water partition coefficient (Wildman–Crippen LogP) is -0.871. The average molecular weight is 237 g/mol. The lowest BCUT2D eigenvalue weighted by molar-refractivity contribution is -0.142. The summed E-state index contributed by atoms with van der Waals surface area (Å²) in [7, 11) is 1.30. The minimum atomic E-state index is -0.655. The number of hydrogen-bond donors (Lipinski definition) is 1. The van der Waals surface area contributed by atoms with Crippen LogP contribution in [0.15, 0.2) is 0 Å². The third-order valence-electron chi connectivity index (χ3n) is 2.26. The van der Waals surface area contributed by atoms with Gasteiger partial charge < -0.3 is 10.5 Å². The highest BCUT2D eigenvalue weighted by atomic mass is 16.5. The van der Waals surface area contributed by atoms with Crippen LogP contribution < -0.4 is 5.73 Å². The van der Waals surface area contributed by atoms with Crippen molar-refractivity contribution in [1.29, 1.82) is 0 Å². The first kappa shape index (κ1) is 13.1. The molecule has 0 spiro atoms. The van der Waals surface area contributed by atoms with Gasteiger partial charge in [-0.15, -0.1) is 17.4 Å². The van der Waals surface area contributed by atoms with Gasteiger partial charge in [-0.3, -0.25) is 4.79 Å². The Hall–Kier alpha value is -1.94. The normalized spacial score (nSPS) is 11.8. The second kappa shape index (κ2) is 6.60. The fourth-order valence-corrected chi connectivity index (χ4v) is 1.30. The fourth-order valence-electron chi connectivity index (χ4n) is 1.30. The number of ether oxygens (including phenoxy) is 1. The summed E-state index contributed by atoms with van der Waals surface area (Å²) in [5.74, 6) is 2.74. The molecule has 0 saturated heterocycles. The van der Waals surface area contributed by atoms with Crippen LogP contribution in [0.5, 0.6) is 0 Å². The van der Waals surface area contributed by atoms with Crippen LogP contribution in [-0.4, -0.2) is 39.3 Å². The first-order valence-electron chi connectivity index (χ1n) is 5.21. The second-order valence-corrected chi connectivity index (χ2v) is 3.44. The van der Waals surface area contributed by atoms with E-state index in [1.165, 1.54) is 7.11 Å². The summed E-state index contributed by atoms with van der Waals surface area (Å²) >= 11 is 0. The van der Waals surface area contributed by atoms with Gasteiger partial charge in [0.15, 0.2) is 5.82 Å². The van der Waals surface area contributed by atoms with Crippen molar-refractivity contribution in [1.82, 2.24) is 20.2 Å². The van der Waals surface area contributed by atoms with Gasteiger partial charge >= 0.3 is 5.97 Å². The molecule has 0 aromatic carbocycles. The molecule has 92 valence electrons. The molecule has 0 radical (unpaired) electrons. The highest BCUT2D eigenvalue weighted by Gasteiger charge is 2.15. The Morgan fingerprint density at radius 3 is 3.12 bits per heavy atom. The zero-order chi connectivity index (χ0) is 12.7.